The minimum atomic E-state index is -0.593. The molecule has 7 nitrogen and oxygen atoms in total. The number of nitrogens with one attached hydrogen (secondary N) is 2. The third-order valence-corrected chi connectivity index (χ3v) is 2.81. The second kappa shape index (κ2) is 6.80. The number of pyridine rings is 1. The molecular weight excluding hydrogens is 279 g/mol. The number of aromatic nitrogens is 3. The van der Waals surface area contributed by atoms with Gasteiger partial charge in [0.15, 0.2) is 11.6 Å². The molecule has 2 N–H and O–H groups in total. The molecule has 0 spiro atoms. The standard InChI is InChI=1S/C13H15FN4O3/c1-20-7-10-8(5-17-18-10)13(19)16-6-9-12(14)11(21-2)3-4-15-9/h3-5H,6-7H2,1-2H3,(H,16,19)(H,17,18). The Bertz CT molecular complexity index is 630. The van der Waals surface area contributed by atoms with E-state index < -0.39 is 5.82 Å². The van der Waals surface area contributed by atoms with Crippen molar-refractivity contribution >= 4 is 5.91 Å². The van der Waals surface area contributed by atoms with Crippen LogP contribution in [0, 0.1) is 5.82 Å². The van der Waals surface area contributed by atoms with E-state index in [0.29, 0.717) is 11.3 Å². The van der Waals surface area contributed by atoms with E-state index in [9.17, 15) is 9.18 Å². The average molecular weight is 294 g/mol. The van der Waals surface area contributed by atoms with Crippen molar-refractivity contribution in [2.75, 3.05) is 14.2 Å². The van der Waals surface area contributed by atoms with E-state index in [-0.39, 0.29) is 30.5 Å². The minimum Gasteiger partial charge on any atom is -0.494 e. The molecule has 2 heterocycles. The number of carbonyl (C=O) groups excluding carboxylic acids is 1. The predicted molar refractivity (Wildman–Crippen MR) is 71.2 cm³/mol. The van der Waals surface area contributed by atoms with E-state index in [1.54, 1.807) is 0 Å². The van der Waals surface area contributed by atoms with Crippen LogP contribution in [0.3, 0.4) is 0 Å². The van der Waals surface area contributed by atoms with Gasteiger partial charge >= 0.3 is 0 Å². The number of amides is 1. The molecule has 2 aromatic heterocycles. The summed E-state index contributed by atoms with van der Waals surface area (Å²) in [6.45, 7) is 0.175. The number of H-pyrrole nitrogens is 1. The fourth-order valence-corrected chi connectivity index (χ4v) is 1.77. The monoisotopic (exact) mass is 294 g/mol. The zero-order valence-corrected chi connectivity index (χ0v) is 11.6. The van der Waals surface area contributed by atoms with E-state index in [1.807, 2.05) is 0 Å². The maximum absolute atomic E-state index is 13.9. The summed E-state index contributed by atoms with van der Waals surface area (Å²) in [5.74, 6) is -0.901. The molecule has 0 saturated heterocycles. The maximum atomic E-state index is 13.9. The number of carbonyl (C=O) groups is 1. The van der Waals surface area contributed by atoms with Crippen LogP contribution in [0.1, 0.15) is 21.7 Å². The Balaban J connectivity index is 2.06. The van der Waals surface area contributed by atoms with Crippen molar-refractivity contribution in [3.63, 3.8) is 0 Å². The van der Waals surface area contributed by atoms with Crippen LogP contribution >= 0.6 is 0 Å². The lowest BCUT2D eigenvalue weighted by atomic mass is 10.2. The van der Waals surface area contributed by atoms with Crippen molar-refractivity contribution in [1.29, 1.82) is 0 Å². The zero-order chi connectivity index (χ0) is 15.2. The van der Waals surface area contributed by atoms with Crippen molar-refractivity contribution in [3.05, 3.63) is 41.2 Å². The molecule has 0 saturated carbocycles. The molecule has 0 aliphatic heterocycles. The summed E-state index contributed by atoms with van der Waals surface area (Å²) in [6, 6.07) is 1.41. The SMILES string of the molecule is COCc1[nH]ncc1C(=O)NCc1nccc(OC)c1F. The number of nitrogens with zero attached hydrogens (tertiary/aromatic N) is 2. The van der Waals surface area contributed by atoms with E-state index in [4.69, 9.17) is 9.47 Å². The first-order chi connectivity index (χ1) is 10.2. The molecule has 0 aromatic carbocycles. The zero-order valence-electron chi connectivity index (χ0n) is 11.6. The Morgan fingerprint density at radius 3 is 3.00 bits per heavy atom. The van der Waals surface area contributed by atoms with E-state index in [1.165, 1.54) is 32.7 Å². The Morgan fingerprint density at radius 2 is 2.29 bits per heavy atom. The molecule has 0 aliphatic carbocycles. The molecule has 8 heteroatoms. The number of halogens is 1. The summed E-state index contributed by atoms with van der Waals surface area (Å²) >= 11 is 0. The first-order valence-electron chi connectivity index (χ1n) is 6.14. The normalized spacial score (nSPS) is 10.4. The second-order valence-electron chi connectivity index (χ2n) is 4.15. The number of hydrogen-bond acceptors (Lipinski definition) is 5. The summed E-state index contributed by atoms with van der Waals surface area (Å²) in [7, 11) is 2.88. The topological polar surface area (TPSA) is 89.1 Å². The highest BCUT2D eigenvalue weighted by Crippen LogP contribution is 2.17. The van der Waals surface area contributed by atoms with Crippen molar-refractivity contribution in [3.8, 4) is 5.75 Å². The molecule has 2 rings (SSSR count). The highest BCUT2D eigenvalue weighted by Gasteiger charge is 2.15. The Kier molecular flexibility index (Phi) is 4.83. The summed E-state index contributed by atoms with van der Waals surface area (Å²) in [5.41, 5.74) is 0.994. The van der Waals surface area contributed by atoms with Crippen molar-refractivity contribution in [2.45, 2.75) is 13.2 Å². The van der Waals surface area contributed by atoms with Gasteiger partial charge in [-0.15, -0.1) is 0 Å². The Labute approximate surface area is 120 Å². The summed E-state index contributed by atoms with van der Waals surface area (Å²) in [5, 5.41) is 9.04. The summed E-state index contributed by atoms with van der Waals surface area (Å²) in [6.07, 6.45) is 2.80. The molecule has 112 valence electrons. The number of aromatic amines is 1. The molecule has 1 amide bonds. The predicted octanol–water partition coefficient (Wildman–Crippen LogP) is 1.03. The molecule has 2 aromatic rings. The lowest BCUT2D eigenvalue weighted by molar-refractivity contribution is 0.0945. The minimum absolute atomic E-state index is 0.0561. The van der Waals surface area contributed by atoms with Gasteiger partial charge in [0.1, 0.15) is 0 Å². The van der Waals surface area contributed by atoms with Crippen LogP contribution in [0.4, 0.5) is 4.39 Å². The van der Waals surface area contributed by atoms with Gasteiger partial charge in [-0.25, -0.2) is 4.39 Å². The van der Waals surface area contributed by atoms with Crippen molar-refractivity contribution < 1.29 is 18.7 Å². The van der Waals surface area contributed by atoms with E-state index in [0.717, 1.165) is 0 Å². The quantitative estimate of drug-likeness (QED) is 0.830. The lowest BCUT2D eigenvalue weighted by Gasteiger charge is -2.08. The van der Waals surface area contributed by atoms with Crippen LogP contribution in [-0.2, 0) is 17.9 Å². The van der Waals surface area contributed by atoms with Crippen LogP contribution in [-0.4, -0.2) is 35.3 Å². The smallest absolute Gasteiger partial charge is 0.255 e. The van der Waals surface area contributed by atoms with Gasteiger partial charge < -0.3 is 14.8 Å². The van der Waals surface area contributed by atoms with Gasteiger partial charge in [-0.3, -0.25) is 14.9 Å². The van der Waals surface area contributed by atoms with Gasteiger partial charge in [0, 0.05) is 19.4 Å². The highest BCUT2D eigenvalue weighted by atomic mass is 19.1. The van der Waals surface area contributed by atoms with Gasteiger partial charge in [-0.05, 0) is 0 Å². The number of rotatable bonds is 6. The van der Waals surface area contributed by atoms with Crippen LogP contribution < -0.4 is 10.1 Å². The number of ether oxygens (including phenoxy) is 2. The first-order valence-corrected chi connectivity index (χ1v) is 6.14. The van der Waals surface area contributed by atoms with Gasteiger partial charge in [0.25, 0.3) is 5.91 Å². The molecule has 21 heavy (non-hydrogen) atoms. The van der Waals surface area contributed by atoms with Crippen LogP contribution in [0.2, 0.25) is 0 Å². The number of hydrogen-bond donors (Lipinski definition) is 2. The Hall–Kier alpha value is -2.48. The maximum Gasteiger partial charge on any atom is 0.255 e. The van der Waals surface area contributed by atoms with Gasteiger partial charge in [0.2, 0.25) is 0 Å². The third-order valence-electron chi connectivity index (χ3n) is 2.81. The fourth-order valence-electron chi connectivity index (χ4n) is 1.77. The van der Waals surface area contributed by atoms with Gasteiger partial charge in [-0.1, -0.05) is 0 Å². The van der Waals surface area contributed by atoms with Crippen LogP contribution in [0.25, 0.3) is 0 Å². The molecule has 0 atom stereocenters. The van der Waals surface area contributed by atoms with Crippen LogP contribution in [0.5, 0.6) is 5.75 Å². The van der Waals surface area contributed by atoms with Crippen LogP contribution in [0.15, 0.2) is 18.5 Å². The van der Waals surface area contributed by atoms with Gasteiger partial charge in [-0.2, -0.15) is 5.10 Å². The van der Waals surface area contributed by atoms with Crippen molar-refractivity contribution in [1.82, 2.24) is 20.5 Å². The lowest BCUT2D eigenvalue weighted by Crippen LogP contribution is -2.24. The summed E-state index contributed by atoms with van der Waals surface area (Å²) < 4.78 is 23.7. The Morgan fingerprint density at radius 1 is 1.48 bits per heavy atom. The largest absolute Gasteiger partial charge is 0.494 e. The number of methoxy groups -OCH3 is 2. The van der Waals surface area contributed by atoms with E-state index in [2.05, 4.69) is 20.5 Å². The molecule has 0 aliphatic rings. The third kappa shape index (κ3) is 3.34. The van der Waals surface area contributed by atoms with Gasteiger partial charge in [0.05, 0.1) is 43.4 Å². The van der Waals surface area contributed by atoms with Crippen molar-refractivity contribution in [2.24, 2.45) is 0 Å². The molecule has 0 bridgehead atoms. The molecule has 0 unspecified atom stereocenters. The highest BCUT2D eigenvalue weighted by molar-refractivity contribution is 5.94. The molecule has 0 fully saturated rings. The average Bonchev–Trinajstić information content (AvgIpc) is 2.94. The van der Waals surface area contributed by atoms with E-state index >= 15 is 0 Å². The molecular formula is C13H15FN4O3. The second-order valence-corrected chi connectivity index (χ2v) is 4.15. The fraction of sp³-hybridized carbons (Fsp3) is 0.308. The summed E-state index contributed by atoms with van der Waals surface area (Å²) in [4.78, 5) is 15.9. The first kappa shape index (κ1) is 14.9. The molecule has 0 radical (unpaired) electrons.